The van der Waals surface area contributed by atoms with E-state index in [2.05, 4.69) is 19.6 Å². The highest BCUT2D eigenvalue weighted by Crippen LogP contribution is 2.40. The summed E-state index contributed by atoms with van der Waals surface area (Å²) in [6.45, 7) is 9.04. The highest BCUT2D eigenvalue weighted by Gasteiger charge is 2.45. The van der Waals surface area contributed by atoms with Crippen LogP contribution >= 0.6 is 0 Å². The Morgan fingerprint density at radius 2 is 1.90 bits per heavy atom. The first kappa shape index (κ1) is 15.3. The van der Waals surface area contributed by atoms with Crippen molar-refractivity contribution in [3.05, 3.63) is 35.9 Å². The minimum absolute atomic E-state index is 0.124. The third-order valence-corrected chi connectivity index (χ3v) is 4.73. The summed E-state index contributed by atoms with van der Waals surface area (Å²) in [5, 5.41) is 0. The van der Waals surface area contributed by atoms with E-state index in [0.717, 1.165) is 18.4 Å². The molecule has 0 radical (unpaired) electrons. The van der Waals surface area contributed by atoms with Gasteiger partial charge in [-0.3, -0.25) is 4.79 Å². The van der Waals surface area contributed by atoms with Gasteiger partial charge in [-0.2, -0.15) is 0 Å². The molecule has 2 atom stereocenters. The van der Waals surface area contributed by atoms with Crippen molar-refractivity contribution in [2.75, 3.05) is 6.61 Å². The SMILES string of the molecule is CC(O[Si](C)(C)C)(c1ccccc1)C1CCCOC1=O. The summed E-state index contributed by atoms with van der Waals surface area (Å²) in [6, 6.07) is 10.1. The molecule has 1 fully saturated rings. The zero-order valence-corrected chi connectivity index (χ0v) is 13.8. The second-order valence-electron chi connectivity index (χ2n) is 6.55. The molecule has 1 heterocycles. The quantitative estimate of drug-likeness (QED) is 0.627. The summed E-state index contributed by atoms with van der Waals surface area (Å²) >= 11 is 0. The van der Waals surface area contributed by atoms with Crippen molar-refractivity contribution in [3.8, 4) is 0 Å². The van der Waals surface area contributed by atoms with E-state index in [-0.39, 0.29) is 11.9 Å². The van der Waals surface area contributed by atoms with E-state index in [1.807, 2.05) is 37.3 Å². The number of hydrogen-bond donors (Lipinski definition) is 0. The van der Waals surface area contributed by atoms with Crippen LogP contribution in [-0.2, 0) is 19.6 Å². The van der Waals surface area contributed by atoms with Crippen LogP contribution in [0.4, 0.5) is 0 Å². The smallest absolute Gasteiger partial charge is 0.312 e. The first-order valence-electron chi connectivity index (χ1n) is 7.25. The van der Waals surface area contributed by atoms with E-state index in [4.69, 9.17) is 9.16 Å². The van der Waals surface area contributed by atoms with E-state index in [9.17, 15) is 4.79 Å². The van der Waals surface area contributed by atoms with Crippen LogP contribution in [0.5, 0.6) is 0 Å². The van der Waals surface area contributed by atoms with Gasteiger partial charge in [0.05, 0.1) is 18.1 Å². The Labute approximate surface area is 122 Å². The van der Waals surface area contributed by atoms with Crippen molar-refractivity contribution in [1.82, 2.24) is 0 Å². The van der Waals surface area contributed by atoms with Crippen molar-refractivity contribution in [2.24, 2.45) is 5.92 Å². The molecule has 0 aliphatic carbocycles. The first-order chi connectivity index (χ1) is 9.33. The Kier molecular flexibility index (Phi) is 4.35. The molecule has 3 nitrogen and oxygen atoms in total. The van der Waals surface area contributed by atoms with E-state index in [1.54, 1.807) is 0 Å². The minimum Gasteiger partial charge on any atom is -0.465 e. The number of carbonyl (C=O) groups is 1. The summed E-state index contributed by atoms with van der Waals surface area (Å²) in [5.74, 6) is -0.341. The van der Waals surface area contributed by atoms with Crippen molar-refractivity contribution in [1.29, 1.82) is 0 Å². The van der Waals surface area contributed by atoms with Gasteiger partial charge in [-0.1, -0.05) is 30.3 Å². The molecular formula is C16H24O3Si. The monoisotopic (exact) mass is 292 g/mol. The molecule has 1 aromatic carbocycles. The highest BCUT2D eigenvalue weighted by molar-refractivity contribution is 6.69. The molecule has 110 valence electrons. The van der Waals surface area contributed by atoms with Gasteiger partial charge in [0.1, 0.15) is 0 Å². The Balaban J connectivity index is 2.40. The van der Waals surface area contributed by atoms with Crippen LogP contribution in [0.1, 0.15) is 25.3 Å². The van der Waals surface area contributed by atoms with Crippen molar-refractivity contribution < 1.29 is 14.0 Å². The molecule has 1 aromatic rings. The van der Waals surface area contributed by atoms with Gasteiger partial charge in [0, 0.05) is 0 Å². The average molecular weight is 292 g/mol. The lowest BCUT2D eigenvalue weighted by molar-refractivity contribution is -0.163. The number of cyclic esters (lactones) is 1. The molecule has 2 rings (SSSR count). The molecule has 0 bridgehead atoms. The second-order valence-corrected chi connectivity index (χ2v) is 11.0. The molecule has 0 N–H and O–H groups in total. The van der Waals surface area contributed by atoms with E-state index in [1.165, 1.54) is 0 Å². The molecule has 1 saturated heterocycles. The van der Waals surface area contributed by atoms with Gasteiger partial charge in [0.2, 0.25) is 0 Å². The zero-order chi connectivity index (χ0) is 14.8. The van der Waals surface area contributed by atoms with E-state index < -0.39 is 13.9 Å². The number of benzene rings is 1. The van der Waals surface area contributed by atoms with Crippen LogP contribution in [0.2, 0.25) is 19.6 Å². The predicted octanol–water partition coefficient (Wildman–Crippen LogP) is 3.71. The molecule has 0 spiro atoms. The minimum atomic E-state index is -1.80. The fourth-order valence-electron chi connectivity index (χ4n) is 2.92. The fourth-order valence-corrected chi connectivity index (χ4v) is 4.45. The second kappa shape index (κ2) is 5.70. The van der Waals surface area contributed by atoms with Gasteiger partial charge in [-0.05, 0) is 45.0 Å². The van der Waals surface area contributed by atoms with Gasteiger partial charge in [0.25, 0.3) is 0 Å². The maximum atomic E-state index is 12.2. The molecule has 4 heteroatoms. The summed E-state index contributed by atoms with van der Waals surface area (Å²) in [7, 11) is -1.80. The molecule has 0 amide bonds. The van der Waals surface area contributed by atoms with Crippen LogP contribution in [-0.4, -0.2) is 20.9 Å². The highest BCUT2D eigenvalue weighted by atomic mass is 28.4. The lowest BCUT2D eigenvalue weighted by atomic mass is 9.79. The van der Waals surface area contributed by atoms with Crippen LogP contribution in [0, 0.1) is 5.92 Å². The van der Waals surface area contributed by atoms with Gasteiger partial charge in [0.15, 0.2) is 8.32 Å². The average Bonchev–Trinajstić information content (AvgIpc) is 2.38. The molecule has 2 unspecified atom stereocenters. The lowest BCUT2D eigenvalue weighted by Crippen LogP contribution is -2.48. The van der Waals surface area contributed by atoms with Gasteiger partial charge in [-0.15, -0.1) is 0 Å². The predicted molar refractivity (Wildman–Crippen MR) is 81.9 cm³/mol. The summed E-state index contributed by atoms with van der Waals surface area (Å²) in [5.41, 5.74) is 0.467. The Hall–Kier alpha value is -1.13. The van der Waals surface area contributed by atoms with E-state index in [0.29, 0.717) is 6.61 Å². The van der Waals surface area contributed by atoms with Crippen LogP contribution in [0.25, 0.3) is 0 Å². The van der Waals surface area contributed by atoms with Crippen LogP contribution in [0.15, 0.2) is 30.3 Å². The molecule has 20 heavy (non-hydrogen) atoms. The molecular weight excluding hydrogens is 268 g/mol. The maximum absolute atomic E-state index is 12.2. The summed E-state index contributed by atoms with van der Waals surface area (Å²) in [6.07, 6.45) is 1.74. The molecule has 0 aromatic heterocycles. The summed E-state index contributed by atoms with van der Waals surface area (Å²) < 4.78 is 11.7. The molecule has 1 aliphatic heterocycles. The van der Waals surface area contributed by atoms with Gasteiger partial charge in [-0.25, -0.2) is 0 Å². The Bertz CT molecular complexity index is 466. The van der Waals surface area contributed by atoms with E-state index >= 15 is 0 Å². The van der Waals surface area contributed by atoms with Crippen molar-refractivity contribution in [2.45, 2.75) is 45.0 Å². The Morgan fingerprint density at radius 3 is 2.45 bits per heavy atom. The maximum Gasteiger partial charge on any atom is 0.312 e. The number of esters is 1. The topological polar surface area (TPSA) is 35.5 Å². The fraction of sp³-hybridized carbons (Fsp3) is 0.562. The molecule has 1 aliphatic rings. The summed E-state index contributed by atoms with van der Waals surface area (Å²) in [4.78, 5) is 12.2. The third kappa shape index (κ3) is 3.30. The van der Waals surface area contributed by atoms with Crippen LogP contribution < -0.4 is 0 Å². The number of ether oxygens (including phenoxy) is 1. The first-order valence-corrected chi connectivity index (χ1v) is 10.7. The number of carbonyl (C=O) groups excluding carboxylic acids is 1. The van der Waals surface area contributed by atoms with Gasteiger partial charge >= 0.3 is 5.97 Å². The van der Waals surface area contributed by atoms with Gasteiger partial charge < -0.3 is 9.16 Å². The Morgan fingerprint density at radius 1 is 1.25 bits per heavy atom. The largest absolute Gasteiger partial charge is 0.465 e. The number of rotatable bonds is 4. The van der Waals surface area contributed by atoms with Crippen molar-refractivity contribution >= 4 is 14.3 Å². The number of hydrogen-bond acceptors (Lipinski definition) is 3. The lowest BCUT2D eigenvalue weighted by Gasteiger charge is -2.42. The third-order valence-electron chi connectivity index (χ3n) is 3.70. The normalized spacial score (nSPS) is 23.0. The zero-order valence-electron chi connectivity index (χ0n) is 12.8. The van der Waals surface area contributed by atoms with Crippen LogP contribution in [0.3, 0.4) is 0 Å². The molecule has 0 saturated carbocycles. The van der Waals surface area contributed by atoms with Crippen molar-refractivity contribution in [3.63, 3.8) is 0 Å². The standard InChI is InChI=1S/C16H24O3Si/c1-16(19-20(2,3)4,13-9-6-5-7-10-13)14-11-8-12-18-15(14)17/h5-7,9-10,14H,8,11-12H2,1-4H3.